The van der Waals surface area contributed by atoms with E-state index in [1.165, 1.54) is 39.0 Å². The summed E-state index contributed by atoms with van der Waals surface area (Å²) in [6.45, 7) is 13.7. The standard InChI is InChI=1S/C18H31N3/c1-3-20(4-2)15-11-19-12-16-21-13-9-17-7-5-6-8-18(17)10-14-21/h5-8,19H,3-4,9-16H2,1-2H3. The van der Waals surface area contributed by atoms with Crippen molar-refractivity contribution in [3.05, 3.63) is 35.4 Å². The molecule has 0 unspecified atom stereocenters. The van der Waals surface area contributed by atoms with Crippen LogP contribution in [0.2, 0.25) is 0 Å². The van der Waals surface area contributed by atoms with Crippen molar-refractivity contribution in [2.75, 3.05) is 52.4 Å². The molecule has 118 valence electrons. The third-order valence-corrected chi connectivity index (χ3v) is 4.62. The molecule has 0 amide bonds. The van der Waals surface area contributed by atoms with E-state index in [1.54, 1.807) is 11.1 Å². The number of rotatable bonds is 8. The lowest BCUT2D eigenvalue weighted by Gasteiger charge is -2.21. The molecule has 0 spiro atoms. The van der Waals surface area contributed by atoms with Gasteiger partial charge >= 0.3 is 0 Å². The van der Waals surface area contributed by atoms with Gasteiger partial charge in [-0.3, -0.25) is 0 Å². The van der Waals surface area contributed by atoms with E-state index in [1.807, 2.05) is 0 Å². The van der Waals surface area contributed by atoms with E-state index in [0.717, 1.165) is 26.2 Å². The highest BCUT2D eigenvalue weighted by Crippen LogP contribution is 2.14. The predicted molar refractivity (Wildman–Crippen MR) is 90.9 cm³/mol. The average Bonchev–Trinajstić information content (AvgIpc) is 2.74. The first-order valence-corrected chi connectivity index (χ1v) is 8.55. The minimum Gasteiger partial charge on any atom is -0.314 e. The maximum Gasteiger partial charge on any atom is 0.0107 e. The number of hydrogen-bond donors (Lipinski definition) is 1. The summed E-state index contributed by atoms with van der Waals surface area (Å²) in [5.74, 6) is 0. The van der Waals surface area contributed by atoms with Crippen LogP contribution in [-0.4, -0.2) is 62.2 Å². The minimum atomic E-state index is 1.11. The molecular formula is C18H31N3. The summed E-state index contributed by atoms with van der Waals surface area (Å²) in [5, 5.41) is 3.59. The zero-order chi connectivity index (χ0) is 14.9. The smallest absolute Gasteiger partial charge is 0.0107 e. The van der Waals surface area contributed by atoms with Crippen LogP contribution in [0.1, 0.15) is 25.0 Å². The van der Waals surface area contributed by atoms with Gasteiger partial charge in [-0.2, -0.15) is 0 Å². The predicted octanol–water partition coefficient (Wildman–Crippen LogP) is 2.02. The van der Waals surface area contributed by atoms with Crippen LogP contribution in [0.5, 0.6) is 0 Å². The van der Waals surface area contributed by atoms with E-state index >= 15 is 0 Å². The molecule has 0 radical (unpaired) electrons. The Kier molecular flexibility index (Phi) is 7.20. The molecule has 0 aromatic heterocycles. The summed E-state index contributed by atoms with van der Waals surface area (Å²) in [5.41, 5.74) is 3.10. The van der Waals surface area contributed by atoms with E-state index < -0.39 is 0 Å². The highest BCUT2D eigenvalue weighted by atomic mass is 15.2. The van der Waals surface area contributed by atoms with Gasteiger partial charge in [0.05, 0.1) is 0 Å². The van der Waals surface area contributed by atoms with Gasteiger partial charge in [-0.05, 0) is 37.1 Å². The fourth-order valence-electron chi connectivity index (χ4n) is 3.08. The van der Waals surface area contributed by atoms with Crippen LogP contribution >= 0.6 is 0 Å². The number of likely N-dealkylation sites (N-methyl/N-ethyl adjacent to an activating group) is 1. The maximum atomic E-state index is 3.59. The minimum absolute atomic E-state index is 1.11. The van der Waals surface area contributed by atoms with E-state index in [2.05, 4.69) is 53.2 Å². The summed E-state index contributed by atoms with van der Waals surface area (Å²) >= 11 is 0. The first-order valence-electron chi connectivity index (χ1n) is 8.55. The highest BCUT2D eigenvalue weighted by Gasteiger charge is 2.12. The second kappa shape index (κ2) is 9.19. The molecule has 0 fully saturated rings. The van der Waals surface area contributed by atoms with Gasteiger partial charge in [0.25, 0.3) is 0 Å². The van der Waals surface area contributed by atoms with Gasteiger partial charge in [-0.15, -0.1) is 0 Å². The number of nitrogens with zero attached hydrogens (tertiary/aromatic N) is 2. The maximum absolute atomic E-state index is 3.59. The summed E-state index contributed by atoms with van der Waals surface area (Å²) in [6.07, 6.45) is 2.41. The molecule has 21 heavy (non-hydrogen) atoms. The van der Waals surface area contributed by atoms with Crippen molar-refractivity contribution in [2.24, 2.45) is 0 Å². The molecule has 3 heteroatoms. The Morgan fingerprint density at radius 2 is 1.62 bits per heavy atom. The first kappa shape index (κ1) is 16.5. The number of benzene rings is 1. The third-order valence-electron chi connectivity index (χ3n) is 4.62. The van der Waals surface area contributed by atoms with Crippen molar-refractivity contribution in [1.82, 2.24) is 15.1 Å². The van der Waals surface area contributed by atoms with Gasteiger partial charge in [0.1, 0.15) is 0 Å². The number of fused-ring (bicyclic) bond motifs is 1. The molecule has 1 aromatic rings. The Bertz CT molecular complexity index is 374. The fraction of sp³-hybridized carbons (Fsp3) is 0.667. The topological polar surface area (TPSA) is 18.5 Å². The van der Waals surface area contributed by atoms with Gasteiger partial charge in [0.2, 0.25) is 0 Å². The zero-order valence-corrected chi connectivity index (χ0v) is 13.8. The monoisotopic (exact) mass is 289 g/mol. The summed E-state index contributed by atoms with van der Waals surface area (Å²) in [7, 11) is 0. The van der Waals surface area contributed by atoms with E-state index in [-0.39, 0.29) is 0 Å². The van der Waals surface area contributed by atoms with Crippen molar-refractivity contribution in [2.45, 2.75) is 26.7 Å². The molecule has 1 aliphatic heterocycles. The molecule has 0 aliphatic carbocycles. The lowest BCUT2D eigenvalue weighted by molar-refractivity contribution is 0.274. The van der Waals surface area contributed by atoms with Crippen molar-refractivity contribution < 1.29 is 0 Å². The van der Waals surface area contributed by atoms with Crippen LogP contribution in [0.15, 0.2) is 24.3 Å². The Labute approximate surface area is 130 Å². The fourth-order valence-corrected chi connectivity index (χ4v) is 3.08. The molecule has 1 heterocycles. The Morgan fingerprint density at radius 1 is 1.00 bits per heavy atom. The van der Waals surface area contributed by atoms with Crippen molar-refractivity contribution in [1.29, 1.82) is 0 Å². The summed E-state index contributed by atoms with van der Waals surface area (Å²) < 4.78 is 0. The first-order chi connectivity index (χ1) is 10.3. The Morgan fingerprint density at radius 3 is 2.19 bits per heavy atom. The second-order valence-corrected chi connectivity index (χ2v) is 5.89. The van der Waals surface area contributed by atoms with Gasteiger partial charge in [0.15, 0.2) is 0 Å². The van der Waals surface area contributed by atoms with Gasteiger partial charge < -0.3 is 15.1 Å². The van der Waals surface area contributed by atoms with Crippen LogP contribution in [0.3, 0.4) is 0 Å². The van der Waals surface area contributed by atoms with Crippen LogP contribution < -0.4 is 5.32 Å². The van der Waals surface area contributed by atoms with Gasteiger partial charge in [-0.25, -0.2) is 0 Å². The van der Waals surface area contributed by atoms with Crippen molar-refractivity contribution in [3.8, 4) is 0 Å². The highest BCUT2D eigenvalue weighted by molar-refractivity contribution is 5.28. The molecule has 0 saturated carbocycles. The number of nitrogens with one attached hydrogen (secondary N) is 1. The van der Waals surface area contributed by atoms with Gasteiger partial charge in [-0.1, -0.05) is 38.1 Å². The molecule has 2 rings (SSSR count). The van der Waals surface area contributed by atoms with E-state index in [9.17, 15) is 0 Å². The van der Waals surface area contributed by atoms with E-state index in [4.69, 9.17) is 0 Å². The molecule has 1 aliphatic rings. The largest absolute Gasteiger partial charge is 0.314 e. The Balaban J connectivity index is 1.62. The zero-order valence-electron chi connectivity index (χ0n) is 13.8. The molecule has 0 atom stereocenters. The molecule has 1 N–H and O–H groups in total. The molecule has 0 saturated heterocycles. The van der Waals surface area contributed by atoms with Crippen molar-refractivity contribution >= 4 is 0 Å². The summed E-state index contributed by atoms with van der Waals surface area (Å²) in [4.78, 5) is 5.07. The van der Waals surface area contributed by atoms with Crippen LogP contribution in [0.25, 0.3) is 0 Å². The lowest BCUT2D eigenvalue weighted by Crippen LogP contribution is -2.37. The van der Waals surface area contributed by atoms with E-state index in [0.29, 0.717) is 0 Å². The van der Waals surface area contributed by atoms with Crippen LogP contribution in [0.4, 0.5) is 0 Å². The number of hydrogen-bond acceptors (Lipinski definition) is 3. The second-order valence-electron chi connectivity index (χ2n) is 5.89. The normalized spacial score (nSPS) is 16.0. The quantitative estimate of drug-likeness (QED) is 0.739. The molecule has 1 aromatic carbocycles. The molecule has 0 bridgehead atoms. The van der Waals surface area contributed by atoms with Crippen LogP contribution in [-0.2, 0) is 12.8 Å². The Hall–Kier alpha value is -0.900. The lowest BCUT2D eigenvalue weighted by atomic mass is 10.0. The third kappa shape index (κ3) is 5.42. The van der Waals surface area contributed by atoms with Gasteiger partial charge in [0, 0.05) is 39.3 Å². The van der Waals surface area contributed by atoms with Crippen LogP contribution in [0, 0.1) is 0 Å². The summed E-state index contributed by atoms with van der Waals surface area (Å²) in [6, 6.07) is 8.93. The molecular weight excluding hydrogens is 258 g/mol. The SMILES string of the molecule is CCN(CC)CCNCCN1CCc2ccccc2CC1. The average molecular weight is 289 g/mol. The van der Waals surface area contributed by atoms with Crippen molar-refractivity contribution in [3.63, 3.8) is 0 Å². The molecule has 3 nitrogen and oxygen atoms in total.